The number of methoxy groups -OCH3 is 1. The molecule has 0 aliphatic heterocycles. The van der Waals surface area contributed by atoms with Crippen LogP contribution in [0, 0.1) is 0 Å². The molecule has 2 N–H and O–H groups in total. The summed E-state index contributed by atoms with van der Waals surface area (Å²) in [6.45, 7) is 0.803. The van der Waals surface area contributed by atoms with Crippen molar-refractivity contribution in [2.45, 2.75) is 10.6 Å². The van der Waals surface area contributed by atoms with Crippen molar-refractivity contribution in [1.29, 1.82) is 0 Å². The molecule has 0 saturated heterocycles. The lowest BCUT2D eigenvalue weighted by atomic mass is 10.1. The number of thioether (sulfide) groups is 1. The van der Waals surface area contributed by atoms with E-state index in [1.807, 2.05) is 36.4 Å². The van der Waals surface area contributed by atoms with E-state index in [2.05, 4.69) is 10.6 Å². The molecule has 0 bridgehead atoms. The average Bonchev–Trinajstić information content (AvgIpc) is 2.66. The highest BCUT2D eigenvalue weighted by atomic mass is 35.5. The first kappa shape index (κ1) is 20.3. The molecule has 26 heavy (non-hydrogen) atoms. The van der Waals surface area contributed by atoms with Gasteiger partial charge in [0, 0.05) is 34.9 Å². The summed E-state index contributed by atoms with van der Waals surface area (Å²) in [7, 11) is 1.56. The number of amides is 2. The zero-order valence-electron chi connectivity index (χ0n) is 14.5. The summed E-state index contributed by atoms with van der Waals surface area (Å²) >= 11 is 7.57. The minimum absolute atomic E-state index is 0.0588. The summed E-state index contributed by atoms with van der Waals surface area (Å²) < 4.78 is 4.84. The minimum atomic E-state index is -0.274. The molecule has 2 aromatic carbocycles. The Morgan fingerprint density at radius 1 is 1.04 bits per heavy atom. The number of carbonyl (C=O) groups excluding carboxylic acids is 2. The van der Waals surface area contributed by atoms with E-state index in [9.17, 15) is 9.59 Å². The molecule has 0 aliphatic rings. The van der Waals surface area contributed by atoms with Crippen LogP contribution in [0.4, 0.5) is 0 Å². The van der Waals surface area contributed by atoms with Crippen LogP contribution in [0.2, 0.25) is 5.02 Å². The highest BCUT2D eigenvalue weighted by Crippen LogP contribution is 2.24. The first-order valence-corrected chi connectivity index (χ1v) is 9.46. The summed E-state index contributed by atoms with van der Waals surface area (Å²) in [4.78, 5) is 24.8. The molecule has 2 aromatic rings. The second-order valence-corrected chi connectivity index (χ2v) is 6.95. The van der Waals surface area contributed by atoms with Crippen LogP contribution in [0.1, 0.15) is 15.9 Å². The molecule has 7 heteroatoms. The van der Waals surface area contributed by atoms with Crippen LogP contribution in [-0.4, -0.2) is 38.6 Å². The van der Waals surface area contributed by atoms with E-state index in [0.717, 1.165) is 21.2 Å². The van der Waals surface area contributed by atoms with E-state index in [4.69, 9.17) is 16.3 Å². The summed E-state index contributed by atoms with van der Waals surface area (Å²) in [6.07, 6.45) is 0. The lowest BCUT2D eigenvalue weighted by Gasteiger charge is -2.07. The van der Waals surface area contributed by atoms with Gasteiger partial charge in [0.05, 0.1) is 13.2 Å². The molecule has 0 unspecified atom stereocenters. The molecule has 0 atom stereocenters. The molecule has 0 heterocycles. The van der Waals surface area contributed by atoms with E-state index in [0.29, 0.717) is 18.7 Å². The predicted octanol–water partition coefficient (Wildman–Crippen LogP) is 3.12. The van der Waals surface area contributed by atoms with E-state index < -0.39 is 0 Å². The van der Waals surface area contributed by atoms with Gasteiger partial charge in [0.2, 0.25) is 5.91 Å². The van der Waals surface area contributed by atoms with Gasteiger partial charge in [-0.3, -0.25) is 9.59 Å². The Kier molecular flexibility index (Phi) is 8.47. The molecule has 0 saturated carbocycles. The molecule has 0 aromatic heterocycles. The van der Waals surface area contributed by atoms with Gasteiger partial charge in [-0.05, 0) is 42.0 Å². The van der Waals surface area contributed by atoms with Crippen molar-refractivity contribution >= 4 is 35.2 Å². The minimum Gasteiger partial charge on any atom is -0.383 e. The second-order valence-electron chi connectivity index (χ2n) is 5.46. The highest BCUT2D eigenvalue weighted by molar-refractivity contribution is 7.98. The summed E-state index contributed by atoms with van der Waals surface area (Å²) in [5.41, 5.74) is 1.63. The molecule has 0 radical (unpaired) electrons. The van der Waals surface area contributed by atoms with E-state index >= 15 is 0 Å². The maximum Gasteiger partial charge on any atom is 0.251 e. The SMILES string of the molecule is COCCNC(=O)CNC(=O)c1ccc(CSc2ccc(Cl)cc2)cc1. The molecular weight excluding hydrogens is 372 g/mol. The zero-order chi connectivity index (χ0) is 18.8. The fraction of sp³-hybridized carbons (Fsp3) is 0.263. The Hall–Kier alpha value is -2.02. The van der Waals surface area contributed by atoms with Crippen molar-refractivity contribution < 1.29 is 14.3 Å². The van der Waals surface area contributed by atoms with Gasteiger partial charge in [0.1, 0.15) is 0 Å². The van der Waals surface area contributed by atoms with Crippen molar-refractivity contribution in [3.8, 4) is 0 Å². The Morgan fingerprint density at radius 2 is 1.73 bits per heavy atom. The van der Waals surface area contributed by atoms with Gasteiger partial charge in [-0.15, -0.1) is 11.8 Å². The molecule has 138 valence electrons. The van der Waals surface area contributed by atoms with Gasteiger partial charge in [-0.1, -0.05) is 23.7 Å². The van der Waals surface area contributed by atoms with Gasteiger partial charge in [0.15, 0.2) is 0 Å². The lowest BCUT2D eigenvalue weighted by molar-refractivity contribution is -0.120. The maximum atomic E-state index is 12.1. The monoisotopic (exact) mass is 392 g/mol. The van der Waals surface area contributed by atoms with Crippen molar-refractivity contribution in [2.24, 2.45) is 0 Å². The van der Waals surface area contributed by atoms with Crippen LogP contribution < -0.4 is 10.6 Å². The standard InChI is InChI=1S/C19H21ClN2O3S/c1-25-11-10-21-18(23)12-22-19(24)15-4-2-14(3-5-15)13-26-17-8-6-16(20)7-9-17/h2-9H,10-13H2,1H3,(H,21,23)(H,22,24). The number of halogens is 1. The first-order valence-electron chi connectivity index (χ1n) is 8.09. The third kappa shape index (κ3) is 7.07. The second kappa shape index (κ2) is 10.9. The number of rotatable bonds is 9. The summed E-state index contributed by atoms with van der Waals surface area (Å²) in [5.74, 6) is 0.279. The molecule has 2 rings (SSSR count). The molecule has 0 fully saturated rings. The van der Waals surface area contributed by atoms with E-state index in [-0.39, 0.29) is 18.4 Å². The lowest BCUT2D eigenvalue weighted by Crippen LogP contribution is -2.38. The number of carbonyl (C=O) groups is 2. The number of benzene rings is 2. The Labute approximate surface area is 162 Å². The molecule has 0 aliphatic carbocycles. The fourth-order valence-corrected chi connectivity index (χ4v) is 3.05. The van der Waals surface area contributed by atoms with Gasteiger partial charge in [-0.2, -0.15) is 0 Å². The van der Waals surface area contributed by atoms with Crippen molar-refractivity contribution in [3.63, 3.8) is 0 Å². The van der Waals surface area contributed by atoms with Gasteiger partial charge in [0.25, 0.3) is 5.91 Å². The molecule has 0 spiro atoms. The molecule has 5 nitrogen and oxygen atoms in total. The first-order chi connectivity index (χ1) is 12.6. The zero-order valence-corrected chi connectivity index (χ0v) is 16.0. The fourth-order valence-electron chi connectivity index (χ4n) is 2.07. The van der Waals surface area contributed by atoms with E-state index in [1.165, 1.54) is 0 Å². The van der Waals surface area contributed by atoms with Gasteiger partial charge < -0.3 is 15.4 Å². The molecule has 2 amide bonds. The summed E-state index contributed by atoms with van der Waals surface area (Å²) in [6, 6.07) is 15.0. The third-order valence-corrected chi connectivity index (χ3v) is 4.81. The quantitative estimate of drug-likeness (QED) is 0.508. The largest absolute Gasteiger partial charge is 0.383 e. The highest BCUT2D eigenvalue weighted by Gasteiger charge is 2.08. The number of ether oxygens (including phenoxy) is 1. The number of hydrogen-bond acceptors (Lipinski definition) is 4. The van der Waals surface area contributed by atoms with Crippen LogP contribution in [0.3, 0.4) is 0 Å². The van der Waals surface area contributed by atoms with Crippen LogP contribution in [-0.2, 0) is 15.3 Å². The van der Waals surface area contributed by atoms with E-state index in [1.54, 1.807) is 31.0 Å². The maximum absolute atomic E-state index is 12.1. The van der Waals surface area contributed by atoms with Gasteiger partial charge in [-0.25, -0.2) is 0 Å². The molecular formula is C19H21ClN2O3S. The Bertz CT molecular complexity index is 721. The predicted molar refractivity (Wildman–Crippen MR) is 105 cm³/mol. The van der Waals surface area contributed by atoms with Gasteiger partial charge >= 0.3 is 0 Å². The summed E-state index contributed by atoms with van der Waals surface area (Å²) in [5, 5.41) is 5.96. The number of hydrogen-bond donors (Lipinski definition) is 2. The Morgan fingerprint density at radius 3 is 2.38 bits per heavy atom. The van der Waals surface area contributed by atoms with Crippen molar-refractivity contribution in [2.75, 3.05) is 26.8 Å². The van der Waals surface area contributed by atoms with Crippen LogP contribution in [0.5, 0.6) is 0 Å². The van der Waals surface area contributed by atoms with Crippen LogP contribution >= 0.6 is 23.4 Å². The topological polar surface area (TPSA) is 67.4 Å². The smallest absolute Gasteiger partial charge is 0.251 e. The Balaban J connectivity index is 1.77. The van der Waals surface area contributed by atoms with Crippen LogP contribution in [0.15, 0.2) is 53.4 Å². The number of nitrogens with one attached hydrogen (secondary N) is 2. The normalized spacial score (nSPS) is 10.4. The average molecular weight is 393 g/mol. The third-order valence-electron chi connectivity index (χ3n) is 3.47. The van der Waals surface area contributed by atoms with Crippen molar-refractivity contribution in [3.05, 3.63) is 64.7 Å². The van der Waals surface area contributed by atoms with Crippen molar-refractivity contribution in [1.82, 2.24) is 10.6 Å². The van der Waals surface area contributed by atoms with Crippen LogP contribution in [0.25, 0.3) is 0 Å².